The molecule has 13 nitrogen and oxygen atoms in total. The van der Waals surface area contributed by atoms with Gasteiger partial charge >= 0.3 is 11.4 Å². The maximum absolute atomic E-state index is 12.5. The third-order valence-corrected chi connectivity index (χ3v) is 6.86. The second-order valence-electron chi connectivity index (χ2n) is 11.0. The molecule has 3 aliphatic rings. The van der Waals surface area contributed by atoms with Gasteiger partial charge in [-0.2, -0.15) is 5.10 Å². The molecule has 2 N–H and O–H groups in total. The highest BCUT2D eigenvalue weighted by molar-refractivity contribution is 5.98. The molecule has 4 heterocycles. The zero-order valence-electron chi connectivity index (χ0n) is 27.9. The second kappa shape index (κ2) is 18.0. The number of halogens is 1. The third kappa shape index (κ3) is 12.5. The van der Waals surface area contributed by atoms with Crippen LogP contribution in [-0.2, 0) is 23.2 Å². The van der Waals surface area contributed by atoms with Gasteiger partial charge in [0, 0.05) is 77.7 Å². The second-order valence-corrected chi connectivity index (χ2v) is 11.0. The number of carbonyl (C=O) groups excluding carboxylic acids is 3. The molecule has 0 bridgehead atoms. The van der Waals surface area contributed by atoms with Crippen LogP contribution in [0.3, 0.4) is 0 Å². The molecule has 2 aliphatic carbocycles. The quantitative estimate of drug-likeness (QED) is 0.303. The first-order valence-corrected chi connectivity index (χ1v) is 14.9. The van der Waals surface area contributed by atoms with Crippen molar-refractivity contribution < 1.29 is 27.8 Å². The molecule has 2 saturated carbocycles. The maximum Gasteiger partial charge on any atom is 0.309 e. The summed E-state index contributed by atoms with van der Waals surface area (Å²) in [4.78, 5) is 37.5. The number of alkyl halides is 1. The van der Waals surface area contributed by atoms with Crippen LogP contribution in [0.25, 0.3) is 4.85 Å². The summed E-state index contributed by atoms with van der Waals surface area (Å²) in [6, 6.07) is 13.3. The van der Waals surface area contributed by atoms with Crippen LogP contribution in [0.2, 0.25) is 0 Å². The largest absolute Gasteiger partial charge is 0.362 e. The van der Waals surface area contributed by atoms with E-state index in [0.29, 0.717) is 12.8 Å². The van der Waals surface area contributed by atoms with Crippen molar-refractivity contribution in [2.24, 2.45) is 7.05 Å². The summed E-state index contributed by atoms with van der Waals surface area (Å²) in [5, 5.41) is 15.6. The molecule has 0 radical (unpaired) electrons. The van der Waals surface area contributed by atoms with Crippen molar-refractivity contribution >= 4 is 17.7 Å². The normalized spacial score (nSPS) is 14.9. The number of nitrogens with zero attached hydrogens (tertiary/aromatic N) is 6. The number of fused-ring (bicyclic) bond motifs is 1. The van der Waals surface area contributed by atoms with Gasteiger partial charge in [-0.05, 0) is 51.3 Å². The van der Waals surface area contributed by atoms with Gasteiger partial charge in [0.2, 0.25) is 0 Å². The molecule has 3 amide bonds. The van der Waals surface area contributed by atoms with E-state index in [1.165, 1.54) is 7.05 Å². The molecule has 47 heavy (non-hydrogen) atoms. The minimum absolute atomic E-state index is 0.127. The van der Waals surface area contributed by atoms with Crippen LogP contribution in [-0.4, -0.2) is 75.1 Å². The standard InChI is InChI=1S/C9H9NO.C6H8N2O.C5H8FNO.C5H7NO.C4H6N2.C4H5NO/c1-10-6-7-4-2-3-5-8(7)9(10)11;1-7-5(9)6(8-2)3-4-6;1-7-4(8)5(6)2-3-5;1-4-3-5(2)7-6-4;1-6-4-2-3-5-6;1-4-2-3-5-6-4/h2-5H,6H2,1H3;3-4H2,1H3,(H,7,9);2-3H2,1H3,(H,7,8);3H,1-2H3;2-4H,1H3;2-3H,1H3. The van der Waals surface area contributed by atoms with E-state index in [1.54, 1.807) is 35.1 Å². The third-order valence-electron chi connectivity index (χ3n) is 6.86. The Labute approximate surface area is 274 Å². The fourth-order valence-corrected chi connectivity index (χ4v) is 3.82. The lowest BCUT2D eigenvalue weighted by Crippen LogP contribution is -2.30. The van der Waals surface area contributed by atoms with Crippen molar-refractivity contribution in [1.29, 1.82) is 0 Å². The van der Waals surface area contributed by atoms with Crippen molar-refractivity contribution in [3.8, 4) is 0 Å². The van der Waals surface area contributed by atoms with Crippen molar-refractivity contribution in [3.05, 3.63) is 101 Å². The number of nitrogens with one attached hydrogen (secondary N) is 2. The van der Waals surface area contributed by atoms with Crippen molar-refractivity contribution in [1.82, 2.24) is 35.6 Å². The molecule has 2 fully saturated rings. The Hall–Kier alpha value is -5.32. The van der Waals surface area contributed by atoms with Crippen LogP contribution in [0.1, 0.15) is 58.8 Å². The fraction of sp³-hybridized carbons (Fsp3) is 0.424. The Morgan fingerprint density at radius 3 is 1.87 bits per heavy atom. The van der Waals surface area contributed by atoms with Gasteiger partial charge < -0.3 is 24.6 Å². The molecule has 1 aromatic carbocycles. The molecule has 0 unspecified atom stereocenters. The van der Waals surface area contributed by atoms with E-state index in [9.17, 15) is 18.8 Å². The summed E-state index contributed by atoms with van der Waals surface area (Å²) in [7, 11) is 6.72. The lowest BCUT2D eigenvalue weighted by molar-refractivity contribution is -0.126. The molecule has 0 saturated heterocycles. The highest BCUT2D eigenvalue weighted by Gasteiger charge is 2.57. The van der Waals surface area contributed by atoms with Gasteiger partial charge in [0.25, 0.3) is 11.8 Å². The van der Waals surface area contributed by atoms with E-state index in [4.69, 9.17) is 11.1 Å². The Morgan fingerprint density at radius 1 is 0.936 bits per heavy atom. The van der Waals surface area contributed by atoms with E-state index < -0.39 is 17.1 Å². The molecular weight excluding hydrogens is 607 g/mol. The first-order chi connectivity index (χ1) is 22.3. The number of amides is 3. The van der Waals surface area contributed by atoms with E-state index in [-0.39, 0.29) is 11.8 Å². The molecule has 3 aromatic heterocycles. The maximum atomic E-state index is 12.5. The smallest absolute Gasteiger partial charge is 0.309 e. The number of hydrogen-bond donors (Lipinski definition) is 2. The van der Waals surface area contributed by atoms with Crippen LogP contribution in [0.4, 0.5) is 4.39 Å². The van der Waals surface area contributed by atoms with Crippen molar-refractivity contribution in [2.45, 2.75) is 64.2 Å². The lowest BCUT2D eigenvalue weighted by Gasteiger charge is -2.04. The van der Waals surface area contributed by atoms with Crippen LogP contribution in [0.5, 0.6) is 0 Å². The fourth-order valence-electron chi connectivity index (χ4n) is 3.82. The van der Waals surface area contributed by atoms with E-state index >= 15 is 0 Å². The van der Waals surface area contributed by atoms with Gasteiger partial charge in [0.05, 0.1) is 11.9 Å². The number of carbonyl (C=O) groups is 3. The number of hydrogen-bond acceptors (Lipinski definition) is 8. The van der Waals surface area contributed by atoms with E-state index in [0.717, 1.165) is 47.7 Å². The Kier molecular flexibility index (Phi) is 14.5. The Balaban J connectivity index is 0.000000199. The molecule has 1 aliphatic heterocycles. The highest BCUT2D eigenvalue weighted by atomic mass is 19.1. The monoisotopic (exact) mass is 650 g/mol. The average molecular weight is 651 g/mol. The summed E-state index contributed by atoms with van der Waals surface area (Å²) in [5.74, 6) is 1.27. The summed E-state index contributed by atoms with van der Waals surface area (Å²) in [5.41, 5.74) is 0.788. The summed E-state index contributed by atoms with van der Waals surface area (Å²) in [6.45, 7) is 13.1. The molecule has 4 aromatic rings. The summed E-state index contributed by atoms with van der Waals surface area (Å²) in [6.07, 6.45) is 7.51. The topological polar surface area (TPSA) is 153 Å². The Morgan fingerprint density at radius 2 is 1.60 bits per heavy atom. The predicted octanol–water partition coefficient (Wildman–Crippen LogP) is 4.39. The van der Waals surface area contributed by atoms with Gasteiger partial charge in [-0.1, -0.05) is 28.5 Å². The summed E-state index contributed by atoms with van der Waals surface area (Å²) >= 11 is 0. The number of rotatable bonds is 2. The highest BCUT2D eigenvalue weighted by Crippen LogP contribution is 2.40. The minimum atomic E-state index is -1.49. The van der Waals surface area contributed by atoms with Crippen LogP contribution in [0, 0.1) is 27.3 Å². The van der Waals surface area contributed by atoms with Gasteiger partial charge in [0.1, 0.15) is 11.5 Å². The summed E-state index contributed by atoms with van der Waals surface area (Å²) < 4.78 is 23.5. The molecule has 252 valence electrons. The van der Waals surface area contributed by atoms with Crippen molar-refractivity contribution in [2.75, 3.05) is 21.1 Å². The number of likely N-dealkylation sites (N-methyl/N-ethyl adjacent to an activating group) is 1. The first-order valence-electron chi connectivity index (χ1n) is 14.9. The number of aryl methyl sites for hydroxylation is 4. The molecular formula is C33H43FN8O5. The zero-order chi connectivity index (χ0) is 35.0. The van der Waals surface area contributed by atoms with Gasteiger partial charge in [-0.25, -0.2) is 11.0 Å². The van der Waals surface area contributed by atoms with Crippen LogP contribution in [0.15, 0.2) is 70.1 Å². The van der Waals surface area contributed by atoms with Gasteiger partial charge in [0.15, 0.2) is 5.67 Å². The minimum Gasteiger partial charge on any atom is -0.362 e. The van der Waals surface area contributed by atoms with Gasteiger partial charge in [-0.15, -0.1) is 0 Å². The Bertz CT molecular complexity index is 1540. The van der Waals surface area contributed by atoms with Gasteiger partial charge in [-0.3, -0.25) is 23.9 Å². The van der Waals surface area contributed by atoms with Crippen LogP contribution >= 0.6 is 0 Å². The first kappa shape index (κ1) is 37.9. The number of benzene rings is 1. The van der Waals surface area contributed by atoms with E-state index in [1.807, 2.05) is 77.5 Å². The van der Waals surface area contributed by atoms with Crippen molar-refractivity contribution in [3.63, 3.8) is 0 Å². The SMILES string of the molecule is CN1Cc2ccccc2C1=O.CNC(=O)C1(F)CC1.Cc1cc(C)on1.Cc1ccno1.Cn1cccn1.[C-]#[N+]C1(C(=O)NC)CC1. The molecule has 0 atom stereocenters. The average Bonchev–Trinajstić information content (AvgIpc) is 3.76. The molecule has 7 rings (SSSR count). The van der Waals surface area contributed by atoms with Crippen LogP contribution < -0.4 is 10.6 Å². The molecule has 0 spiro atoms. The predicted molar refractivity (Wildman–Crippen MR) is 172 cm³/mol. The zero-order valence-corrected chi connectivity index (χ0v) is 27.9. The van der Waals surface area contributed by atoms with E-state index in [2.05, 4.69) is 35.4 Å². The molecule has 14 heteroatoms. The number of aromatic nitrogens is 4. The lowest BCUT2D eigenvalue weighted by atomic mass is 10.1.